The van der Waals surface area contributed by atoms with Crippen molar-refractivity contribution in [3.05, 3.63) is 65.6 Å². The summed E-state index contributed by atoms with van der Waals surface area (Å²) in [5.74, 6) is -0.0115. The number of benzene rings is 1. The van der Waals surface area contributed by atoms with Crippen LogP contribution in [0.25, 0.3) is 5.65 Å². The standard InChI is InChI=1S/C21H25N5O/c1-24(2)15-16-7-9-17(10-8-16)19-6-3-4-12-25(19)21(27)18-14-20-22-11-5-13-26(20)23-18/h5,7-11,13-14,19H,3-4,6,12,15H2,1-2H3. The summed E-state index contributed by atoms with van der Waals surface area (Å²) < 4.78 is 1.65. The lowest BCUT2D eigenvalue weighted by Crippen LogP contribution is -2.38. The fourth-order valence-corrected chi connectivity index (χ4v) is 3.81. The van der Waals surface area contributed by atoms with Gasteiger partial charge in [-0.3, -0.25) is 4.79 Å². The summed E-state index contributed by atoms with van der Waals surface area (Å²) in [7, 11) is 4.14. The van der Waals surface area contributed by atoms with Crippen LogP contribution in [0.2, 0.25) is 0 Å². The summed E-state index contributed by atoms with van der Waals surface area (Å²) in [6, 6.07) is 12.4. The average Bonchev–Trinajstić information content (AvgIpc) is 3.12. The molecule has 1 aromatic carbocycles. The number of amides is 1. The Hall–Kier alpha value is -2.73. The molecule has 4 rings (SSSR count). The van der Waals surface area contributed by atoms with Crippen LogP contribution in [-0.2, 0) is 6.54 Å². The minimum Gasteiger partial charge on any atom is -0.330 e. The highest BCUT2D eigenvalue weighted by Crippen LogP contribution is 2.32. The monoisotopic (exact) mass is 363 g/mol. The Bertz CT molecular complexity index is 898. The molecule has 27 heavy (non-hydrogen) atoms. The van der Waals surface area contributed by atoms with Gasteiger partial charge in [0.1, 0.15) is 0 Å². The van der Waals surface area contributed by atoms with Gasteiger partial charge in [-0.1, -0.05) is 24.3 Å². The zero-order valence-electron chi connectivity index (χ0n) is 15.9. The highest BCUT2D eigenvalue weighted by atomic mass is 16.2. The molecule has 3 heterocycles. The second-order valence-corrected chi connectivity index (χ2v) is 7.44. The first kappa shape index (κ1) is 17.7. The molecule has 1 aliphatic heterocycles. The highest BCUT2D eigenvalue weighted by molar-refractivity contribution is 5.93. The number of hydrogen-bond acceptors (Lipinski definition) is 4. The molecule has 3 aromatic rings. The van der Waals surface area contributed by atoms with Crippen LogP contribution in [0.15, 0.2) is 48.8 Å². The predicted octanol–water partition coefficient (Wildman–Crippen LogP) is 3.16. The summed E-state index contributed by atoms with van der Waals surface area (Å²) in [5, 5.41) is 4.42. The van der Waals surface area contributed by atoms with Crippen molar-refractivity contribution in [1.82, 2.24) is 24.4 Å². The fraction of sp³-hybridized carbons (Fsp3) is 0.381. The Morgan fingerprint density at radius 1 is 1.22 bits per heavy atom. The fourth-order valence-electron chi connectivity index (χ4n) is 3.81. The van der Waals surface area contributed by atoms with Gasteiger partial charge in [-0.15, -0.1) is 0 Å². The summed E-state index contributed by atoms with van der Waals surface area (Å²) in [5.41, 5.74) is 3.64. The molecule has 1 fully saturated rings. The maximum Gasteiger partial charge on any atom is 0.274 e. The Balaban J connectivity index is 1.59. The molecule has 1 unspecified atom stereocenters. The van der Waals surface area contributed by atoms with Crippen LogP contribution in [0.1, 0.15) is 46.9 Å². The van der Waals surface area contributed by atoms with Gasteiger partial charge in [-0.2, -0.15) is 5.10 Å². The van der Waals surface area contributed by atoms with Crippen molar-refractivity contribution in [2.24, 2.45) is 0 Å². The minimum atomic E-state index is -0.0115. The quantitative estimate of drug-likeness (QED) is 0.714. The van der Waals surface area contributed by atoms with Crippen molar-refractivity contribution >= 4 is 11.6 Å². The number of fused-ring (bicyclic) bond motifs is 1. The molecule has 0 radical (unpaired) electrons. The number of nitrogens with zero attached hydrogens (tertiary/aromatic N) is 5. The van der Waals surface area contributed by atoms with Crippen molar-refractivity contribution in [2.75, 3.05) is 20.6 Å². The third-order valence-corrected chi connectivity index (χ3v) is 5.08. The maximum absolute atomic E-state index is 13.2. The number of likely N-dealkylation sites (tertiary alicyclic amines) is 1. The molecule has 6 heteroatoms. The lowest BCUT2D eigenvalue weighted by molar-refractivity contribution is 0.0605. The van der Waals surface area contributed by atoms with E-state index in [9.17, 15) is 4.79 Å². The molecule has 1 atom stereocenters. The van der Waals surface area contributed by atoms with E-state index in [-0.39, 0.29) is 11.9 Å². The van der Waals surface area contributed by atoms with Crippen LogP contribution in [0, 0.1) is 0 Å². The molecule has 0 spiro atoms. The smallest absolute Gasteiger partial charge is 0.274 e. The zero-order chi connectivity index (χ0) is 18.8. The Labute approximate surface area is 159 Å². The molecule has 0 aliphatic carbocycles. The minimum absolute atomic E-state index is 0.0115. The van der Waals surface area contributed by atoms with Gasteiger partial charge < -0.3 is 9.80 Å². The largest absolute Gasteiger partial charge is 0.330 e. The summed E-state index contributed by atoms with van der Waals surface area (Å²) >= 11 is 0. The number of piperidine rings is 1. The molecule has 2 aromatic heterocycles. The summed E-state index contributed by atoms with van der Waals surface area (Å²) in [6.45, 7) is 1.69. The molecule has 140 valence electrons. The van der Waals surface area contributed by atoms with Gasteiger partial charge in [0.05, 0.1) is 6.04 Å². The van der Waals surface area contributed by atoms with E-state index in [0.717, 1.165) is 32.4 Å². The van der Waals surface area contributed by atoms with Crippen LogP contribution in [0.3, 0.4) is 0 Å². The van der Waals surface area contributed by atoms with E-state index in [4.69, 9.17) is 0 Å². The van der Waals surface area contributed by atoms with Crippen molar-refractivity contribution in [3.63, 3.8) is 0 Å². The van der Waals surface area contributed by atoms with E-state index in [0.29, 0.717) is 11.3 Å². The number of rotatable bonds is 4. The Kier molecular flexibility index (Phi) is 4.90. The van der Waals surface area contributed by atoms with Crippen LogP contribution < -0.4 is 0 Å². The van der Waals surface area contributed by atoms with Gasteiger partial charge in [-0.05, 0) is 50.6 Å². The van der Waals surface area contributed by atoms with Crippen LogP contribution in [0.5, 0.6) is 0 Å². The van der Waals surface area contributed by atoms with Crippen molar-refractivity contribution in [2.45, 2.75) is 31.8 Å². The average molecular weight is 363 g/mol. The molecule has 1 amide bonds. The summed E-state index contributed by atoms with van der Waals surface area (Å²) in [6.07, 6.45) is 6.69. The molecule has 0 saturated carbocycles. The first-order valence-corrected chi connectivity index (χ1v) is 9.47. The SMILES string of the molecule is CN(C)Cc1ccc(C2CCCCN2C(=O)c2cc3ncccn3n2)cc1. The lowest BCUT2D eigenvalue weighted by atomic mass is 9.94. The van der Waals surface area contributed by atoms with Crippen molar-refractivity contribution in [3.8, 4) is 0 Å². The van der Waals surface area contributed by atoms with Gasteiger partial charge in [0.15, 0.2) is 11.3 Å². The molecule has 1 saturated heterocycles. The number of hydrogen-bond donors (Lipinski definition) is 0. The van der Waals surface area contributed by atoms with E-state index in [1.807, 2.05) is 17.2 Å². The molecule has 1 aliphatic rings. The predicted molar refractivity (Wildman–Crippen MR) is 104 cm³/mol. The number of carbonyl (C=O) groups is 1. The Morgan fingerprint density at radius 3 is 2.78 bits per heavy atom. The Morgan fingerprint density at radius 2 is 2.04 bits per heavy atom. The van der Waals surface area contributed by atoms with Gasteiger partial charge in [0.2, 0.25) is 0 Å². The van der Waals surface area contributed by atoms with Gasteiger partial charge >= 0.3 is 0 Å². The van der Waals surface area contributed by atoms with Crippen molar-refractivity contribution in [1.29, 1.82) is 0 Å². The number of carbonyl (C=O) groups excluding carboxylic acids is 1. The molecular formula is C21H25N5O. The molecule has 0 N–H and O–H groups in total. The van der Waals surface area contributed by atoms with E-state index in [1.165, 1.54) is 11.1 Å². The van der Waals surface area contributed by atoms with Crippen LogP contribution in [-0.4, -0.2) is 50.9 Å². The van der Waals surface area contributed by atoms with E-state index < -0.39 is 0 Å². The number of aromatic nitrogens is 3. The molecule has 6 nitrogen and oxygen atoms in total. The lowest BCUT2D eigenvalue weighted by Gasteiger charge is -2.35. The van der Waals surface area contributed by atoms with Gasteiger partial charge in [0, 0.05) is 31.5 Å². The maximum atomic E-state index is 13.2. The van der Waals surface area contributed by atoms with E-state index in [1.54, 1.807) is 16.8 Å². The van der Waals surface area contributed by atoms with Gasteiger partial charge in [-0.25, -0.2) is 9.50 Å². The topological polar surface area (TPSA) is 53.7 Å². The first-order valence-electron chi connectivity index (χ1n) is 9.47. The van der Waals surface area contributed by atoms with E-state index >= 15 is 0 Å². The van der Waals surface area contributed by atoms with Crippen molar-refractivity contribution < 1.29 is 4.79 Å². The van der Waals surface area contributed by atoms with Crippen LogP contribution in [0.4, 0.5) is 0 Å². The third-order valence-electron chi connectivity index (χ3n) is 5.08. The van der Waals surface area contributed by atoms with Crippen LogP contribution >= 0.6 is 0 Å². The second-order valence-electron chi connectivity index (χ2n) is 7.44. The van der Waals surface area contributed by atoms with E-state index in [2.05, 4.69) is 53.3 Å². The zero-order valence-corrected chi connectivity index (χ0v) is 15.9. The first-order chi connectivity index (χ1) is 13.1. The molecule has 0 bridgehead atoms. The highest BCUT2D eigenvalue weighted by Gasteiger charge is 2.30. The van der Waals surface area contributed by atoms with Gasteiger partial charge in [0.25, 0.3) is 5.91 Å². The normalized spacial score (nSPS) is 17.6. The summed E-state index contributed by atoms with van der Waals surface area (Å²) in [4.78, 5) is 21.6. The second kappa shape index (κ2) is 7.48. The third kappa shape index (κ3) is 3.71. The molecular weight excluding hydrogens is 338 g/mol.